The van der Waals surface area contributed by atoms with Crippen LogP contribution in [-0.2, 0) is 9.59 Å². The minimum absolute atomic E-state index is 0.106. The number of rotatable bonds is 4. The number of carbonyl (C=O) groups excluding carboxylic acids is 2. The average molecular weight is 364 g/mol. The van der Waals surface area contributed by atoms with Crippen molar-refractivity contribution in [1.29, 1.82) is 0 Å². The van der Waals surface area contributed by atoms with E-state index in [2.05, 4.69) is 11.8 Å². The van der Waals surface area contributed by atoms with E-state index >= 15 is 0 Å². The van der Waals surface area contributed by atoms with Gasteiger partial charge in [-0.1, -0.05) is 25.1 Å². The van der Waals surface area contributed by atoms with E-state index < -0.39 is 0 Å². The monoisotopic (exact) mass is 364 g/mol. The van der Waals surface area contributed by atoms with Crippen LogP contribution in [-0.4, -0.2) is 35.8 Å². The summed E-state index contributed by atoms with van der Waals surface area (Å²) in [5, 5.41) is 0. The molecule has 0 unspecified atom stereocenters. The Bertz CT molecular complexity index is 819. The SMILES string of the molecule is C[C@H]1CCCN([C@H]2CC(=O)N(c3ccc(Oc4ccccc4)cc3)C2=O)C1. The number of nitrogens with zero attached hydrogens (tertiary/aromatic N) is 2. The third-order valence-corrected chi connectivity index (χ3v) is 5.33. The van der Waals surface area contributed by atoms with Crippen LogP contribution in [0.25, 0.3) is 0 Å². The Kier molecular flexibility index (Phi) is 4.94. The number of benzene rings is 2. The highest BCUT2D eigenvalue weighted by molar-refractivity contribution is 6.22. The van der Waals surface area contributed by atoms with E-state index in [1.807, 2.05) is 30.3 Å². The second-order valence-corrected chi connectivity index (χ2v) is 7.44. The molecule has 2 fully saturated rings. The van der Waals surface area contributed by atoms with Crippen molar-refractivity contribution in [2.45, 2.75) is 32.2 Å². The van der Waals surface area contributed by atoms with Gasteiger partial charge in [0.1, 0.15) is 11.5 Å². The number of imide groups is 1. The number of hydrogen-bond donors (Lipinski definition) is 0. The summed E-state index contributed by atoms with van der Waals surface area (Å²) >= 11 is 0. The largest absolute Gasteiger partial charge is 0.457 e. The molecule has 2 aliphatic rings. The van der Waals surface area contributed by atoms with E-state index in [9.17, 15) is 9.59 Å². The molecule has 0 N–H and O–H groups in total. The van der Waals surface area contributed by atoms with Crippen LogP contribution in [0.2, 0.25) is 0 Å². The smallest absolute Gasteiger partial charge is 0.251 e. The summed E-state index contributed by atoms with van der Waals surface area (Å²) in [7, 11) is 0. The minimum Gasteiger partial charge on any atom is -0.457 e. The van der Waals surface area contributed by atoms with Gasteiger partial charge >= 0.3 is 0 Å². The lowest BCUT2D eigenvalue weighted by Crippen LogP contribution is -2.46. The number of anilines is 1. The second-order valence-electron chi connectivity index (χ2n) is 7.44. The minimum atomic E-state index is -0.319. The second kappa shape index (κ2) is 7.53. The molecule has 2 amide bonds. The quantitative estimate of drug-likeness (QED) is 0.774. The Morgan fingerprint density at radius 3 is 2.37 bits per heavy atom. The molecule has 2 saturated heterocycles. The fourth-order valence-electron chi connectivity index (χ4n) is 3.97. The summed E-state index contributed by atoms with van der Waals surface area (Å²) in [5.41, 5.74) is 0.609. The molecular weight excluding hydrogens is 340 g/mol. The molecule has 4 rings (SSSR count). The third-order valence-electron chi connectivity index (χ3n) is 5.33. The van der Waals surface area contributed by atoms with E-state index in [1.165, 1.54) is 11.3 Å². The van der Waals surface area contributed by atoms with Crippen LogP contribution in [0.3, 0.4) is 0 Å². The first kappa shape index (κ1) is 17.7. The Morgan fingerprint density at radius 2 is 1.67 bits per heavy atom. The Hall–Kier alpha value is -2.66. The predicted molar refractivity (Wildman–Crippen MR) is 104 cm³/mol. The molecule has 2 aliphatic heterocycles. The van der Waals surface area contributed by atoms with E-state index in [4.69, 9.17) is 4.74 Å². The highest BCUT2D eigenvalue weighted by Crippen LogP contribution is 2.30. The molecule has 0 spiro atoms. The maximum absolute atomic E-state index is 12.9. The van der Waals surface area contributed by atoms with Gasteiger partial charge in [0, 0.05) is 6.54 Å². The van der Waals surface area contributed by atoms with Gasteiger partial charge < -0.3 is 4.74 Å². The molecule has 27 heavy (non-hydrogen) atoms. The molecule has 0 aliphatic carbocycles. The zero-order valence-electron chi connectivity index (χ0n) is 15.5. The van der Waals surface area contributed by atoms with Gasteiger partial charge in [0.05, 0.1) is 18.2 Å². The number of para-hydroxylation sites is 1. The van der Waals surface area contributed by atoms with E-state index in [0.717, 1.165) is 25.3 Å². The van der Waals surface area contributed by atoms with Crippen LogP contribution in [0, 0.1) is 5.92 Å². The number of amides is 2. The standard InChI is InChI=1S/C22H24N2O3/c1-16-6-5-13-23(15-16)20-14-21(25)24(22(20)26)17-9-11-19(12-10-17)27-18-7-3-2-4-8-18/h2-4,7-12,16,20H,5-6,13-15H2,1H3/t16-,20-/m0/s1. The summed E-state index contributed by atoms with van der Waals surface area (Å²) in [6.07, 6.45) is 2.55. The summed E-state index contributed by atoms with van der Waals surface area (Å²) in [6, 6.07) is 16.3. The van der Waals surface area contributed by atoms with Crippen molar-refractivity contribution in [2.75, 3.05) is 18.0 Å². The molecule has 2 atom stereocenters. The summed E-state index contributed by atoms with van der Waals surface area (Å²) in [4.78, 5) is 29.0. The van der Waals surface area contributed by atoms with Crippen molar-refractivity contribution < 1.29 is 14.3 Å². The van der Waals surface area contributed by atoms with Crippen LogP contribution in [0.5, 0.6) is 11.5 Å². The maximum atomic E-state index is 12.9. The lowest BCUT2D eigenvalue weighted by atomic mass is 9.98. The van der Waals surface area contributed by atoms with E-state index in [-0.39, 0.29) is 24.3 Å². The first-order valence-electron chi connectivity index (χ1n) is 9.55. The van der Waals surface area contributed by atoms with Crippen LogP contribution >= 0.6 is 0 Å². The maximum Gasteiger partial charge on any atom is 0.251 e. The van der Waals surface area contributed by atoms with Gasteiger partial charge in [0.25, 0.3) is 5.91 Å². The summed E-state index contributed by atoms with van der Waals surface area (Å²) in [5.74, 6) is 1.76. The molecule has 2 heterocycles. The lowest BCUT2D eigenvalue weighted by molar-refractivity contribution is -0.123. The Labute approximate surface area is 159 Å². The van der Waals surface area contributed by atoms with Gasteiger partial charge in [-0.2, -0.15) is 0 Å². The van der Waals surface area contributed by atoms with Crippen molar-refractivity contribution in [3.63, 3.8) is 0 Å². The number of hydrogen-bond acceptors (Lipinski definition) is 4. The summed E-state index contributed by atoms with van der Waals surface area (Å²) < 4.78 is 5.78. The average Bonchev–Trinajstić information content (AvgIpc) is 2.98. The predicted octanol–water partition coefficient (Wildman–Crippen LogP) is 3.84. The van der Waals surface area contributed by atoms with E-state index in [0.29, 0.717) is 17.4 Å². The molecule has 0 saturated carbocycles. The molecule has 5 heteroatoms. The number of carbonyl (C=O) groups is 2. The molecule has 0 radical (unpaired) electrons. The van der Waals surface area contributed by atoms with Gasteiger partial charge in [-0.15, -0.1) is 0 Å². The molecule has 2 aromatic rings. The Morgan fingerprint density at radius 1 is 0.963 bits per heavy atom. The zero-order chi connectivity index (χ0) is 18.8. The van der Waals surface area contributed by atoms with Gasteiger partial charge in [-0.05, 0) is 61.7 Å². The molecule has 0 bridgehead atoms. The van der Waals surface area contributed by atoms with Crippen LogP contribution in [0.15, 0.2) is 54.6 Å². The van der Waals surface area contributed by atoms with E-state index in [1.54, 1.807) is 24.3 Å². The normalized spacial score (nSPS) is 23.7. The fraction of sp³-hybridized carbons (Fsp3) is 0.364. The van der Waals surface area contributed by atoms with Crippen molar-refractivity contribution in [1.82, 2.24) is 4.90 Å². The van der Waals surface area contributed by atoms with Crippen LogP contribution < -0.4 is 9.64 Å². The van der Waals surface area contributed by atoms with Crippen molar-refractivity contribution in [3.05, 3.63) is 54.6 Å². The van der Waals surface area contributed by atoms with Crippen molar-refractivity contribution in [3.8, 4) is 11.5 Å². The van der Waals surface area contributed by atoms with Crippen LogP contribution in [0.4, 0.5) is 5.69 Å². The Balaban J connectivity index is 1.48. The zero-order valence-corrected chi connectivity index (χ0v) is 15.5. The van der Waals surface area contributed by atoms with Gasteiger partial charge in [-0.3, -0.25) is 14.5 Å². The van der Waals surface area contributed by atoms with Gasteiger partial charge in [-0.25, -0.2) is 4.90 Å². The van der Waals surface area contributed by atoms with Crippen molar-refractivity contribution >= 4 is 17.5 Å². The first-order chi connectivity index (χ1) is 13.1. The number of likely N-dealkylation sites (tertiary alicyclic amines) is 1. The highest BCUT2D eigenvalue weighted by Gasteiger charge is 2.43. The topological polar surface area (TPSA) is 49.9 Å². The number of piperidine rings is 1. The summed E-state index contributed by atoms with van der Waals surface area (Å²) in [6.45, 7) is 3.99. The van der Waals surface area contributed by atoms with Crippen molar-refractivity contribution in [2.24, 2.45) is 5.92 Å². The van der Waals surface area contributed by atoms with Gasteiger partial charge in [0.15, 0.2) is 0 Å². The molecule has 2 aromatic carbocycles. The molecule has 5 nitrogen and oxygen atoms in total. The molecule has 140 valence electrons. The highest BCUT2D eigenvalue weighted by atomic mass is 16.5. The first-order valence-corrected chi connectivity index (χ1v) is 9.55. The fourth-order valence-corrected chi connectivity index (χ4v) is 3.97. The lowest BCUT2D eigenvalue weighted by Gasteiger charge is -2.34. The van der Waals surface area contributed by atoms with Crippen LogP contribution in [0.1, 0.15) is 26.2 Å². The number of ether oxygens (including phenoxy) is 1. The van der Waals surface area contributed by atoms with Gasteiger partial charge in [0.2, 0.25) is 5.91 Å². The molecule has 0 aromatic heterocycles. The third kappa shape index (κ3) is 3.74. The molecular formula is C22H24N2O3.